The normalized spacial score (nSPS) is 16.3. The van der Waals surface area contributed by atoms with Crippen LogP contribution in [0.4, 0.5) is 4.39 Å². The molecule has 1 heterocycles. The van der Waals surface area contributed by atoms with Crippen LogP contribution in [0.25, 0.3) is 0 Å². The molecule has 0 aliphatic carbocycles. The fraction of sp³-hybridized carbons (Fsp3) is 0.360. The quantitative estimate of drug-likeness (QED) is 0.601. The Hall–Kier alpha value is -2.71. The molecule has 3 rings (SSSR count). The molecule has 0 unspecified atom stereocenters. The van der Waals surface area contributed by atoms with Crippen molar-refractivity contribution in [1.29, 1.82) is 0 Å². The predicted octanol–water partition coefficient (Wildman–Crippen LogP) is 5.61. The average Bonchev–Trinajstić information content (AvgIpc) is 2.58. The Morgan fingerprint density at radius 3 is 2.41 bits per heavy atom. The number of benzene rings is 2. The maximum absolute atomic E-state index is 14.0. The molecule has 1 nitrogen and oxygen atoms in total. The van der Waals surface area contributed by atoms with Crippen LogP contribution in [-0.2, 0) is 11.8 Å². The van der Waals surface area contributed by atoms with Crippen molar-refractivity contribution in [1.82, 2.24) is 0 Å². The van der Waals surface area contributed by atoms with Gasteiger partial charge in [-0.25, -0.2) is 4.39 Å². The lowest BCUT2D eigenvalue weighted by molar-refractivity contribution is 0.0530. The summed E-state index contributed by atoms with van der Waals surface area (Å²) in [5.41, 5.74) is 3.62. The van der Waals surface area contributed by atoms with E-state index in [-0.39, 0.29) is 16.8 Å². The third-order valence-corrected chi connectivity index (χ3v) is 5.00. The zero-order valence-electron chi connectivity index (χ0n) is 16.7. The molecule has 0 N–H and O–H groups in total. The summed E-state index contributed by atoms with van der Waals surface area (Å²) in [5.74, 6) is 9.51. The summed E-state index contributed by atoms with van der Waals surface area (Å²) in [6, 6.07) is 9.06. The number of ether oxygens (including phenoxy) is 1. The van der Waals surface area contributed by atoms with Crippen LogP contribution in [-0.4, -0.2) is 5.60 Å². The molecule has 1 aliphatic rings. The number of hydrogen-bond acceptors (Lipinski definition) is 1. The van der Waals surface area contributed by atoms with Crippen LogP contribution in [0.3, 0.4) is 0 Å². The maximum atomic E-state index is 14.0. The Kier molecular flexibility index (Phi) is 4.79. The highest BCUT2D eigenvalue weighted by molar-refractivity contribution is 5.59. The molecule has 2 heteroatoms. The van der Waals surface area contributed by atoms with Gasteiger partial charge in [0.15, 0.2) is 0 Å². The van der Waals surface area contributed by atoms with Crippen molar-refractivity contribution in [2.45, 2.75) is 58.5 Å². The predicted molar refractivity (Wildman–Crippen MR) is 108 cm³/mol. The van der Waals surface area contributed by atoms with E-state index in [2.05, 4.69) is 51.5 Å². The number of rotatable bonds is 1. The number of halogens is 1. The highest BCUT2D eigenvalue weighted by Gasteiger charge is 2.40. The largest absolute Gasteiger partial charge is 0.486 e. The van der Waals surface area contributed by atoms with Crippen LogP contribution in [0.15, 0.2) is 30.3 Å². The minimum atomic E-state index is -0.270. The molecule has 0 fully saturated rings. The van der Waals surface area contributed by atoms with E-state index in [1.165, 1.54) is 6.07 Å². The first-order valence-corrected chi connectivity index (χ1v) is 9.30. The minimum Gasteiger partial charge on any atom is -0.486 e. The first-order chi connectivity index (χ1) is 12.6. The van der Waals surface area contributed by atoms with Gasteiger partial charge in [-0.15, -0.1) is 6.42 Å². The van der Waals surface area contributed by atoms with Crippen molar-refractivity contribution in [3.63, 3.8) is 0 Å². The Labute approximate surface area is 162 Å². The van der Waals surface area contributed by atoms with Crippen molar-refractivity contribution in [3.8, 4) is 29.9 Å². The van der Waals surface area contributed by atoms with Gasteiger partial charge >= 0.3 is 0 Å². The molecule has 2 aromatic carbocycles. The second kappa shape index (κ2) is 6.79. The van der Waals surface area contributed by atoms with Crippen LogP contribution < -0.4 is 4.74 Å². The zero-order chi connectivity index (χ0) is 19.8. The first kappa shape index (κ1) is 19.1. The summed E-state index contributed by atoms with van der Waals surface area (Å²) < 4.78 is 20.2. The van der Waals surface area contributed by atoms with E-state index in [0.717, 1.165) is 23.3 Å². The molecule has 0 amide bonds. The van der Waals surface area contributed by atoms with Gasteiger partial charge in [-0.05, 0) is 61.9 Å². The van der Waals surface area contributed by atoms with Crippen molar-refractivity contribution in [2.24, 2.45) is 0 Å². The van der Waals surface area contributed by atoms with Gasteiger partial charge in [-0.1, -0.05) is 44.6 Å². The summed E-state index contributed by atoms with van der Waals surface area (Å²) in [4.78, 5) is 0. The highest BCUT2D eigenvalue weighted by Crippen LogP contribution is 2.46. The van der Waals surface area contributed by atoms with E-state index in [1.807, 2.05) is 19.1 Å². The smallest absolute Gasteiger partial charge is 0.139 e. The number of aryl methyl sites for hydroxylation is 1. The van der Waals surface area contributed by atoms with Crippen molar-refractivity contribution < 1.29 is 9.13 Å². The summed E-state index contributed by atoms with van der Waals surface area (Å²) in [6.07, 6.45) is 7.31. The van der Waals surface area contributed by atoms with Crippen LogP contribution >= 0.6 is 0 Å². The standard InChI is InChI=1S/C25H25FO/c1-7-19-12-11-17(15-22(19)26)9-10-18-13-20(8-2)23-21(14-18)24(3,4)16-25(5,6)27-23/h2,11-15H,7,16H2,1,3-6H3. The monoisotopic (exact) mass is 360 g/mol. The molecular formula is C25H25FO. The van der Waals surface area contributed by atoms with E-state index in [0.29, 0.717) is 23.1 Å². The molecule has 0 radical (unpaired) electrons. The average molecular weight is 360 g/mol. The van der Waals surface area contributed by atoms with E-state index in [9.17, 15) is 4.39 Å². The third-order valence-electron chi connectivity index (χ3n) is 5.00. The topological polar surface area (TPSA) is 9.23 Å². The fourth-order valence-corrected chi connectivity index (χ4v) is 3.95. The fourth-order valence-electron chi connectivity index (χ4n) is 3.95. The maximum Gasteiger partial charge on any atom is 0.139 e. The Balaban J connectivity index is 2.05. The van der Waals surface area contributed by atoms with Crippen molar-refractivity contribution in [2.75, 3.05) is 0 Å². The molecule has 2 aromatic rings. The zero-order valence-corrected chi connectivity index (χ0v) is 16.7. The van der Waals surface area contributed by atoms with Crippen molar-refractivity contribution >= 4 is 0 Å². The minimum absolute atomic E-state index is 0.0742. The molecule has 138 valence electrons. The van der Waals surface area contributed by atoms with Crippen LogP contribution in [0, 0.1) is 30.0 Å². The summed E-state index contributed by atoms with van der Waals surface area (Å²) >= 11 is 0. The molecule has 0 atom stereocenters. The van der Waals surface area contributed by atoms with E-state index in [1.54, 1.807) is 6.07 Å². The van der Waals surface area contributed by atoms with E-state index in [4.69, 9.17) is 11.2 Å². The second-order valence-electron chi connectivity index (χ2n) is 8.38. The molecule has 1 aliphatic heterocycles. The van der Waals surface area contributed by atoms with Gasteiger partial charge in [-0.3, -0.25) is 0 Å². The third kappa shape index (κ3) is 3.86. The van der Waals surface area contributed by atoms with Gasteiger partial charge in [0.05, 0.1) is 5.56 Å². The summed E-state index contributed by atoms with van der Waals surface area (Å²) in [6.45, 7) is 10.5. The highest BCUT2D eigenvalue weighted by atomic mass is 19.1. The number of fused-ring (bicyclic) bond motifs is 1. The number of hydrogen-bond donors (Lipinski definition) is 0. The lowest BCUT2D eigenvalue weighted by Gasteiger charge is -2.43. The van der Waals surface area contributed by atoms with Gasteiger partial charge in [0.25, 0.3) is 0 Å². The second-order valence-corrected chi connectivity index (χ2v) is 8.38. The Bertz CT molecular complexity index is 993. The summed E-state index contributed by atoms with van der Waals surface area (Å²) in [7, 11) is 0. The Morgan fingerprint density at radius 2 is 1.78 bits per heavy atom. The van der Waals surface area contributed by atoms with Gasteiger partial charge in [0.1, 0.15) is 17.2 Å². The summed E-state index contributed by atoms with van der Waals surface area (Å²) in [5, 5.41) is 0. The molecule has 0 saturated carbocycles. The first-order valence-electron chi connectivity index (χ1n) is 9.30. The van der Waals surface area contributed by atoms with Gasteiger partial charge in [0.2, 0.25) is 0 Å². The van der Waals surface area contributed by atoms with E-state index >= 15 is 0 Å². The van der Waals surface area contributed by atoms with Gasteiger partial charge in [-0.2, -0.15) is 0 Å². The lowest BCUT2D eigenvalue weighted by Crippen LogP contribution is -2.41. The molecule has 27 heavy (non-hydrogen) atoms. The SMILES string of the molecule is C#Cc1cc(C#Cc2ccc(CC)c(F)c2)cc2c1OC(C)(C)CC2(C)C. The number of terminal acetylenes is 1. The van der Waals surface area contributed by atoms with Gasteiger partial charge < -0.3 is 4.74 Å². The molecule has 0 bridgehead atoms. The van der Waals surface area contributed by atoms with E-state index < -0.39 is 0 Å². The molecule has 0 aromatic heterocycles. The Morgan fingerprint density at radius 1 is 1.07 bits per heavy atom. The molecule has 0 spiro atoms. The van der Waals surface area contributed by atoms with Crippen LogP contribution in [0.1, 0.15) is 68.9 Å². The van der Waals surface area contributed by atoms with Crippen LogP contribution in [0.5, 0.6) is 5.75 Å². The molecular weight excluding hydrogens is 335 g/mol. The lowest BCUT2D eigenvalue weighted by atomic mass is 9.72. The van der Waals surface area contributed by atoms with Gasteiger partial charge in [0, 0.05) is 16.7 Å². The van der Waals surface area contributed by atoms with Crippen LogP contribution in [0.2, 0.25) is 0 Å². The van der Waals surface area contributed by atoms with Crippen molar-refractivity contribution in [3.05, 3.63) is 64.0 Å². The molecule has 0 saturated heterocycles.